The normalized spacial score (nSPS) is 12.0. The Balaban J connectivity index is 2.75. The number of esters is 1. The van der Waals surface area contributed by atoms with E-state index in [9.17, 15) is 23.2 Å². The minimum absolute atomic E-state index is 0.0395. The van der Waals surface area contributed by atoms with E-state index < -0.39 is 41.6 Å². The second-order valence-electron chi connectivity index (χ2n) is 5.64. The van der Waals surface area contributed by atoms with Gasteiger partial charge in [0, 0.05) is 25.8 Å². The number of aromatic nitrogens is 2. The molecule has 0 saturated carbocycles. The van der Waals surface area contributed by atoms with Crippen molar-refractivity contribution in [1.29, 1.82) is 0 Å². The van der Waals surface area contributed by atoms with Crippen LogP contribution < -0.4 is 11.2 Å². The highest BCUT2D eigenvalue weighted by atomic mass is 19.2. The standard InChI is InChI=1S/C17H18F2N2O5/c1-10(8-25-3)21-16(23)13(12-5-4-6-14(18)15(12)19)7-20(17(21)24)9-26-11(2)22/h4-7,10H,8-9H2,1-3H3. The van der Waals surface area contributed by atoms with Gasteiger partial charge in [0.05, 0.1) is 18.2 Å². The third kappa shape index (κ3) is 3.88. The molecule has 0 aliphatic carbocycles. The van der Waals surface area contributed by atoms with E-state index in [-0.39, 0.29) is 17.7 Å². The first kappa shape index (κ1) is 19.5. The Morgan fingerprint density at radius 2 is 1.92 bits per heavy atom. The molecule has 0 bridgehead atoms. The van der Waals surface area contributed by atoms with Crippen LogP contribution in [0.5, 0.6) is 0 Å². The third-order valence-corrected chi connectivity index (χ3v) is 3.68. The lowest BCUT2D eigenvalue weighted by Gasteiger charge is -2.18. The number of rotatable bonds is 6. The van der Waals surface area contributed by atoms with Gasteiger partial charge in [0.1, 0.15) is 0 Å². The van der Waals surface area contributed by atoms with Crippen LogP contribution in [-0.2, 0) is 21.0 Å². The van der Waals surface area contributed by atoms with Gasteiger partial charge in [0.15, 0.2) is 18.4 Å². The van der Waals surface area contributed by atoms with Crippen LogP contribution in [0.2, 0.25) is 0 Å². The molecule has 2 rings (SSSR count). The van der Waals surface area contributed by atoms with Gasteiger partial charge in [-0.3, -0.25) is 18.7 Å². The van der Waals surface area contributed by atoms with Crippen LogP contribution in [0.3, 0.4) is 0 Å². The smallest absolute Gasteiger partial charge is 0.334 e. The Bertz CT molecular complexity index is 936. The van der Waals surface area contributed by atoms with Gasteiger partial charge in [-0.25, -0.2) is 13.6 Å². The number of methoxy groups -OCH3 is 1. The molecule has 1 atom stereocenters. The Morgan fingerprint density at radius 1 is 1.23 bits per heavy atom. The Kier molecular flexibility index (Phi) is 6.04. The van der Waals surface area contributed by atoms with E-state index in [1.54, 1.807) is 6.92 Å². The summed E-state index contributed by atoms with van der Waals surface area (Å²) in [5.41, 5.74) is -2.11. The zero-order valence-electron chi connectivity index (χ0n) is 14.5. The van der Waals surface area contributed by atoms with Crippen molar-refractivity contribution >= 4 is 5.97 Å². The number of benzene rings is 1. The lowest BCUT2D eigenvalue weighted by atomic mass is 10.1. The van der Waals surface area contributed by atoms with Gasteiger partial charge in [-0.15, -0.1) is 0 Å². The average Bonchev–Trinajstić information content (AvgIpc) is 2.57. The number of halogens is 2. The molecule has 1 heterocycles. The van der Waals surface area contributed by atoms with Gasteiger partial charge < -0.3 is 9.47 Å². The van der Waals surface area contributed by atoms with E-state index in [2.05, 4.69) is 0 Å². The first-order valence-corrected chi connectivity index (χ1v) is 7.70. The molecule has 1 unspecified atom stereocenters. The molecule has 26 heavy (non-hydrogen) atoms. The first-order chi connectivity index (χ1) is 12.3. The van der Waals surface area contributed by atoms with Gasteiger partial charge in [0.25, 0.3) is 5.56 Å². The summed E-state index contributed by atoms with van der Waals surface area (Å²) in [7, 11) is 1.40. The molecule has 140 valence electrons. The van der Waals surface area contributed by atoms with Crippen LogP contribution in [0.15, 0.2) is 34.0 Å². The molecular formula is C17H18F2N2O5. The van der Waals surface area contributed by atoms with Gasteiger partial charge in [-0.2, -0.15) is 0 Å². The molecule has 2 aromatic rings. The van der Waals surface area contributed by atoms with Crippen LogP contribution in [0.4, 0.5) is 8.78 Å². The lowest BCUT2D eigenvalue weighted by Crippen LogP contribution is -2.43. The highest BCUT2D eigenvalue weighted by molar-refractivity contribution is 5.65. The van der Waals surface area contributed by atoms with E-state index in [1.807, 2.05) is 0 Å². The second kappa shape index (κ2) is 8.05. The van der Waals surface area contributed by atoms with Crippen molar-refractivity contribution in [3.63, 3.8) is 0 Å². The van der Waals surface area contributed by atoms with E-state index in [1.165, 1.54) is 19.2 Å². The molecule has 0 fully saturated rings. The lowest BCUT2D eigenvalue weighted by molar-refractivity contribution is -0.144. The summed E-state index contributed by atoms with van der Waals surface area (Å²) in [5.74, 6) is -2.98. The molecule has 0 aliphatic heterocycles. The Hall–Kier alpha value is -2.81. The number of nitrogens with zero attached hydrogens (tertiary/aromatic N) is 2. The van der Waals surface area contributed by atoms with Crippen molar-refractivity contribution in [2.45, 2.75) is 26.6 Å². The number of hydrogen-bond donors (Lipinski definition) is 0. The summed E-state index contributed by atoms with van der Waals surface area (Å²) >= 11 is 0. The maximum atomic E-state index is 14.2. The second-order valence-corrected chi connectivity index (χ2v) is 5.64. The maximum Gasteiger partial charge on any atom is 0.334 e. The highest BCUT2D eigenvalue weighted by Crippen LogP contribution is 2.21. The minimum Gasteiger partial charge on any atom is -0.444 e. The monoisotopic (exact) mass is 368 g/mol. The van der Waals surface area contributed by atoms with Crippen LogP contribution in [0, 0.1) is 11.6 Å². The molecule has 0 saturated heterocycles. The molecule has 0 aliphatic rings. The fourth-order valence-electron chi connectivity index (χ4n) is 2.48. The van der Waals surface area contributed by atoms with Crippen LogP contribution in [0.25, 0.3) is 11.1 Å². The molecule has 9 heteroatoms. The molecule has 0 amide bonds. The predicted octanol–water partition coefficient (Wildman–Crippen LogP) is 1.68. The quantitative estimate of drug-likeness (QED) is 0.725. The molecule has 7 nitrogen and oxygen atoms in total. The van der Waals surface area contributed by atoms with Gasteiger partial charge in [0.2, 0.25) is 0 Å². The maximum absolute atomic E-state index is 14.2. The zero-order chi connectivity index (χ0) is 19.4. The SMILES string of the molecule is COCC(C)n1c(=O)c(-c2cccc(F)c2F)cn(COC(C)=O)c1=O. The number of carbonyl (C=O) groups excluding carboxylic acids is 1. The van der Waals surface area contributed by atoms with Gasteiger partial charge >= 0.3 is 11.7 Å². The van der Waals surface area contributed by atoms with Crippen molar-refractivity contribution in [3.05, 3.63) is 56.9 Å². The number of ether oxygens (including phenoxy) is 2. The van der Waals surface area contributed by atoms with Crippen LogP contribution >= 0.6 is 0 Å². The Morgan fingerprint density at radius 3 is 2.54 bits per heavy atom. The van der Waals surface area contributed by atoms with Gasteiger partial charge in [-0.1, -0.05) is 12.1 Å². The molecule has 0 N–H and O–H groups in total. The summed E-state index contributed by atoms with van der Waals surface area (Å²) in [4.78, 5) is 36.4. The third-order valence-electron chi connectivity index (χ3n) is 3.68. The fraction of sp³-hybridized carbons (Fsp3) is 0.353. The van der Waals surface area contributed by atoms with Crippen molar-refractivity contribution < 1.29 is 23.0 Å². The topological polar surface area (TPSA) is 79.5 Å². The van der Waals surface area contributed by atoms with Crippen molar-refractivity contribution in [2.75, 3.05) is 13.7 Å². The summed E-state index contributed by atoms with van der Waals surface area (Å²) in [6, 6.07) is 2.71. The molecule has 0 radical (unpaired) electrons. The zero-order valence-corrected chi connectivity index (χ0v) is 14.5. The number of hydrogen-bond acceptors (Lipinski definition) is 5. The summed E-state index contributed by atoms with van der Waals surface area (Å²) in [6.45, 7) is 2.28. The summed E-state index contributed by atoms with van der Waals surface area (Å²) in [5, 5.41) is 0. The average molecular weight is 368 g/mol. The van der Waals surface area contributed by atoms with Crippen LogP contribution in [0.1, 0.15) is 19.9 Å². The molecule has 0 spiro atoms. The number of carbonyl (C=O) groups is 1. The van der Waals surface area contributed by atoms with E-state index in [0.29, 0.717) is 0 Å². The van der Waals surface area contributed by atoms with Crippen molar-refractivity contribution in [3.8, 4) is 11.1 Å². The summed E-state index contributed by atoms with van der Waals surface area (Å²) < 4.78 is 39.3. The van der Waals surface area contributed by atoms with Crippen LogP contribution in [-0.4, -0.2) is 28.8 Å². The van der Waals surface area contributed by atoms with Gasteiger partial charge in [-0.05, 0) is 13.0 Å². The van der Waals surface area contributed by atoms with E-state index in [4.69, 9.17) is 9.47 Å². The van der Waals surface area contributed by atoms with Crippen molar-refractivity contribution in [1.82, 2.24) is 9.13 Å². The molecular weight excluding hydrogens is 350 g/mol. The fourth-order valence-corrected chi connectivity index (χ4v) is 2.48. The van der Waals surface area contributed by atoms with E-state index in [0.717, 1.165) is 28.3 Å². The minimum atomic E-state index is -1.21. The van der Waals surface area contributed by atoms with E-state index >= 15 is 0 Å². The van der Waals surface area contributed by atoms with Crippen molar-refractivity contribution in [2.24, 2.45) is 0 Å². The summed E-state index contributed by atoms with van der Waals surface area (Å²) in [6.07, 6.45) is 1.04. The first-order valence-electron chi connectivity index (χ1n) is 7.70. The molecule has 1 aromatic carbocycles. The Labute approximate surface area is 147 Å². The largest absolute Gasteiger partial charge is 0.444 e. The highest BCUT2D eigenvalue weighted by Gasteiger charge is 2.20. The predicted molar refractivity (Wildman–Crippen MR) is 88.7 cm³/mol. The molecule has 1 aromatic heterocycles.